The standard InChI is InChI=1S/C14H21NO/c1-10(2)11-7-12(9-13(16)8-11)14(3)5-4-6-15-14/h7-10,15-16H,4-6H2,1-3H3. The van der Waals surface area contributed by atoms with Crippen LogP contribution < -0.4 is 5.32 Å². The summed E-state index contributed by atoms with van der Waals surface area (Å²) in [6.07, 6.45) is 2.36. The third kappa shape index (κ3) is 2.07. The highest BCUT2D eigenvalue weighted by Crippen LogP contribution is 2.34. The maximum Gasteiger partial charge on any atom is 0.116 e. The van der Waals surface area contributed by atoms with Gasteiger partial charge in [0.25, 0.3) is 0 Å². The van der Waals surface area contributed by atoms with Gasteiger partial charge in [-0.3, -0.25) is 0 Å². The molecule has 0 bridgehead atoms. The van der Waals surface area contributed by atoms with Gasteiger partial charge in [0.1, 0.15) is 5.75 Å². The molecule has 1 saturated heterocycles. The molecule has 1 aromatic rings. The van der Waals surface area contributed by atoms with Gasteiger partial charge in [-0.1, -0.05) is 19.9 Å². The van der Waals surface area contributed by atoms with Crippen LogP contribution in [-0.2, 0) is 5.54 Å². The molecule has 0 aliphatic carbocycles. The van der Waals surface area contributed by atoms with Gasteiger partial charge >= 0.3 is 0 Å². The second kappa shape index (κ2) is 4.10. The van der Waals surface area contributed by atoms with E-state index in [2.05, 4.69) is 32.2 Å². The predicted molar refractivity (Wildman–Crippen MR) is 66.8 cm³/mol. The largest absolute Gasteiger partial charge is 0.508 e. The van der Waals surface area contributed by atoms with Crippen molar-refractivity contribution in [1.82, 2.24) is 5.32 Å². The molecule has 1 fully saturated rings. The van der Waals surface area contributed by atoms with Crippen LogP contribution in [0.5, 0.6) is 5.75 Å². The van der Waals surface area contributed by atoms with E-state index < -0.39 is 0 Å². The summed E-state index contributed by atoms with van der Waals surface area (Å²) in [5.41, 5.74) is 2.47. The molecule has 0 amide bonds. The van der Waals surface area contributed by atoms with Crippen LogP contribution in [0.2, 0.25) is 0 Å². The summed E-state index contributed by atoms with van der Waals surface area (Å²) in [6, 6.07) is 5.99. The Hall–Kier alpha value is -1.02. The number of benzene rings is 1. The zero-order valence-corrected chi connectivity index (χ0v) is 10.4. The number of phenols is 1. The molecule has 0 radical (unpaired) electrons. The molecule has 2 N–H and O–H groups in total. The maximum atomic E-state index is 9.79. The van der Waals surface area contributed by atoms with Gasteiger partial charge in [0.05, 0.1) is 0 Å². The van der Waals surface area contributed by atoms with E-state index in [1.54, 1.807) is 0 Å². The molecule has 2 rings (SSSR count). The van der Waals surface area contributed by atoms with Crippen molar-refractivity contribution >= 4 is 0 Å². The summed E-state index contributed by atoms with van der Waals surface area (Å²) in [5.74, 6) is 0.840. The van der Waals surface area contributed by atoms with E-state index in [-0.39, 0.29) is 5.54 Å². The average molecular weight is 219 g/mol. The van der Waals surface area contributed by atoms with E-state index in [1.165, 1.54) is 17.5 Å². The van der Waals surface area contributed by atoms with Crippen LogP contribution in [0.1, 0.15) is 50.7 Å². The van der Waals surface area contributed by atoms with Crippen LogP contribution in [0.4, 0.5) is 0 Å². The molecule has 1 atom stereocenters. The van der Waals surface area contributed by atoms with Gasteiger partial charge in [0.15, 0.2) is 0 Å². The first-order valence-corrected chi connectivity index (χ1v) is 6.11. The SMILES string of the molecule is CC(C)c1cc(O)cc(C2(C)CCCN2)c1. The van der Waals surface area contributed by atoms with E-state index in [0.717, 1.165) is 13.0 Å². The number of rotatable bonds is 2. The summed E-state index contributed by atoms with van der Waals surface area (Å²) in [5, 5.41) is 13.3. The Labute approximate surface area is 97.7 Å². The molecule has 16 heavy (non-hydrogen) atoms. The molecule has 1 aromatic carbocycles. The Morgan fingerprint density at radius 1 is 1.31 bits per heavy atom. The molecule has 1 aliphatic rings. The summed E-state index contributed by atoms with van der Waals surface area (Å²) < 4.78 is 0. The fourth-order valence-corrected chi connectivity index (χ4v) is 2.43. The summed E-state index contributed by atoms with van der Waals surface area (Å²) >= 11 is 0. The van der Waals surface area contributed by atoms with Gasteiger partial charge in [0, 0.05) is 5.54 Å². The first kappa shape index (κ1) is 11.5. The van der Waals surface area contributed by atoms with Crippen LogP contribution in [0.3, 0.4) is 0 Å². The lowest BCUT2D eigenvalue weighted by Crippen LogP contribution is -2.33. The van der Waals surface area contributed by atoms with Crippen molar-refractivity contribution in [3.05, 3.63) is 29.3 Å². The first-order chi connectivity index (χ1) is 7.51. The van der Waals surface area contributed by atoms with Crippen molar-refractivity contribution < 1.29 is 5.11 Å². The summed E-state index contributed by atoms with van der Waals surface area (Å²) in [4.78, 5) is 0. The number of nitrogens with one attached hydrogen (secondary N) is 1. The Kier molecular flexibility index (Phi) is 2.94. The molecule has 0 aromatic heterocycles. The Bertz CT molecular complexity index is 378. The van der Waals surface area contributed by atoms with E-state index in [9.17, 15) is 5.11 Å². The second-order valence-electron chi connectivity index (χ2n) is 5.33. The van der Waals surface area contributed by atoms with Gasteiger partial charge < -0.3 is 10.4 Å². The highest BCUT2D eigenvalue weighted by molar-refractivity contribution is 5.39. The van der Waals surface area contributed by atoms with Gasteiger partial charge in [-0.15, -0.1) is 0 Å². The molecule has 88 valence electrons. The van der Waals surface area contributed by atoms with Crippen molar-refractivity contribution in [2.24, 2.45) is 0 Å². The summed E-state index contributed by atoms with van der Waals surface area (Å²) in [6.45, 7) is 7.61. The second-order valence-corrected chi connectivity index (χ2v) is 5.33. The monoisotopic (exact) mass is 219 g/mol. The number of phenolic OH excluding ortho intramolecular Hbond substituents is 1. The molecule has 1 heterocycles. The fourth-order valence-electron chi connectivity index (χ4n) is 2.43. The first-order valence-electron chi connectivity index (χ1n) is 6.11. The third-order valence-electron chi connectivity index (χ3n) is 3.61. The molecule has 2 nitrogen and oxygen atoms in total. The van der Waals surface area contributed by atoms with Crippen molar-refractivity contribution in [1.29, 1.82) is 0 Å². The number of hydrogen-bond donors (Lipinski definition) is 2. The quantitative estimate of drug-likeness (QED) is 0.801. The highest BCUT2D eigenvalue weighted by atomic mass is 16.3. The Morgan fingerprint density at radius 3 is 2.62 bits per heavy atom. The highest BCUT2D eigenvalue weighted by Gasteiger charge is 2.30. The van der Waals surface area contributed by atoms with Gasteiger partial charge in [-0.2, -0.15) is 0 Å². The number of hydrogen-bond acceptors (Lipinski definition) is 2. The molecule has 1 aliphatic heterocycles. The third-order valence-corrected chi connectivity index (χ3v) is 3.61. The van der Waals surface area contributed by atoms with E-state index >= 15 is 0 Å². The molecular weight excluding hydrogens is 198 g/mol. The average Bonchev–Trinajstić information content (AvgIpc) is 2.65. The van der Waals surface area contributed by atoms with Crippen LogP contribution in [0.25, 0.3) is 0 Å². The van der Waals surface area contributed by atoms with Crippen molar-refractivity contribution in [3.8, 4) is 5.75 Å². The Morgan fingerprint density at radius 2 is 2.06 bits per heavy atom. The van der Waals surface area contributed by atoms with E-state index in [1.807, 2.05) is 12.1 Å². The lowest BCUT2D eigenvalue weighted by molar-refractivity contribution is 0.425. The summed E-state index contributed by atoms with van der Waals surface area (Å²) in [7, 11) is 0. The minimum atomic E-state index is 0.0440. The van der Waals surface area contributed by atoms with Crippen molar-refractivity contribution in [2.45, 2.75) is 45.1 Å². The molecule has 2 heteroatoms. The van der Waals surface area contributed by atoms with Gasteiger partial charge in [-0.25, -0.2) is 0 Å². The zero-order valence-electron chi connectivity index (χ0n) is 10.4. The molecule has 0 saturated carbocycles. The van der Waals surface area contributed by atoms with Crippen molar-refractivity contribution in [3.63, 3.8) is 0 Å². The molecule has 0 spiro atoms. The predicted octanol–water partition coefficient (Wildman–Crippen LogP) is 3.11. The Balaban J connectivity index is 2.40. The van der Waals surface area contributed by atoms with Crippen LogP contribution >= 0.6 is 0 Å². The number of aromatic hydroxyl groups is 1. The topological polar surface area (TPSA) is 32.3 Å². The van der Waals surface area contributed by atoms with E-state index in [0.29, 0.717) is 11.7 Å². The lowest BCUT2D eigenvalue weighted by atomic mass is 9.87. The fraction of sp³-hybridized carbons (Fsp3) is 0.571. The van der Waals surface area contributed by atoms with Crippen LogP contribution in [0.15, 0.2) is 18.2 Å². The zero-order chi connectivity index (χ0) is 11.8. The van der Waals surface area contributed by atoms with E-state index in [4.69, 9.17) is 0 Å². The maximum absolute atomic E-state index is 9.79. The normalized spacial score (nSPS) is 25.2. The smallest absolute Gasteiger partial charge is 0.116 e. The van der Waals surface area contributed by atoms with Crippen LogP contribution in [0, 0.1) is 0 Å². The van der Waals surface area contributed by atoms with Gasteiger partial charge in [0.2, 0.25) is 0 Å². The van der Waals surface area contributed by atoms with Crippen molar-refractivity contribution in [2.75, 3.05) is 6.54 Å². The van der Waals surface area contributed by atoms with Crippen LogP contribution in [-0.4, -0.2) is 11.7 Å². The molecule has 1 unspecified atom stereocenters. The molecular formula is C14H21NO. The lowest BCUT2D eigenvalue weighted by Gasteiger charge is -2.26. The van der Waals surface area contributed by atoms with Gasteiger partial charge in [-0.05, 0) is 55.5 Å². The minimum Gasteiger partial charge on any atom is -0.508 e. The minimum absolute atomic E-state index is 0.0440.